The Labute approximate surface area is 149 Å². The molecule has 1 amide bonds. The zero-order valence-electron chi connectivity index (χ0n) is 13.5. The fraction of sp³-hybridized carbons (Fsp3) is 0.167. The molecular formula is C18H16Cl2N2O2. The third-order valence-electron chi connectivity index (χ3n) is 3.94. The van der Waals surface area contributed by atoms with Crippen LogP contribution in [-0.4, -0.2) is 17.6 Å². The van der Waals surface area contributed by atoms with Crippen LogP contribution in [-0.2, 0) is 7.05 Å². The molecule has 0 atom stereocenters. The summed E-state index contributed by atoms with van der Waals surface area (Å²) in [6.07, 6.45) is 1.78. The Morgan fingerprint density at radius 2 is 1.92 bits per heavy atom. The van der Waals surface area contributed by atoms with Gasteiger partial charge in [-0.2, -0.15) is 0 Å². The predicted molar refractivity (Wildman–Crippen MR) is 98.6 cm³/mol. The van der Waals surface area contributed by atoms with Gasteiger partial charge in [0, 0.05) is 29.2 Å². The fourth-order valence-electron chi connectivity index (χ4n) is 2.61. The molecule has 124 valence electrons. The third kappa shape index (κ3) is 2.95. The number of carbonyl (C=O) groups is 1. The number of amides is 1. The van der Waals surface area contributed by atoms with Gasteiger partial charge in [-0.15, -0.1) is 0 Å². The second-order valence-electron chi connectivity index (χ2n) is 5.57. The smallest absolute Gasteiger partial charge is 0.257 e. The highest BCUT2D eigenvalue weighted by molar-refractivity contribution is 6.36. The van der Waals surface area contributed by atoms with Gasteiger partial charge in [0.1, 0.15) is 5.75 Å². The van der Waals surface area contributed by atoms with Crippen LogP contribution in [0, 0.1) is 6.92 Å². The van der Waals surface area contributed by atoms with Crippen LogP contribution < -0.4 is 10.1 Å². The number of nitrogens with one attached hydrogen (secondary N) is 1. The highest BCUT2D eigenvalue weighted by atomic mass is 35.5. The first-order valence-corrected chi connectivity index (χ1v) is 8.06. The number of carbonyl (C=O) groups excluding carboxylic acids is 1. The van der Waals surface area contributed by atoms with Crippen molar-refractivity contribution in [1.29, 1.82) is 0 Å². The Kier molecular flexibility index (Phi) is 4.43. The van der Waals surface area contributed by atoms with Crippen molar-refractivity contribution in [2.24, 2.45) is 7.05 Å². The number of nitrogens with zero attached hydrogens (tertiary/aromatic N) is 1. The molecule has 3 aromatic rings. The molecule has 1 N–H and O–H groups in total. The van der Waals surface area contributed by atoms with Crippen molar-refractivity contribution in [3.05, 3.63) is 57.7 Å². The van der Waals surface area contributed by atoms with E-state index in [9.17, 15) is 4.79 Å². The monoisotopic (exact) mass is 362 g/mol. The number of aryl methyl sites for hydroxylation is 2. The molecule has 0 saturated heterocycles. The molecule has 1 heterocycles. The Balaban J connectivity index is 2.01. The molecule has 3 rings (SSSR count). The van der Waals surface area contributed by atoms with Crippen molar-refractivity contribution >= 4 is 45.7 Å². The van der Waals surface area contributed by atoms with Crippen LogP contribution in [0.3, 0.4) is 0 Å². The molecule has 0 radical (unpaired) electrons. The quantitative estimate of drug-likeness (QED) is 0.707. The van der Waals surface area contributed by atoms with Gasteiger partial charge in [0.15, 0.2) is 0 Å². The van der Waals surface area contributed by atoms with Gasteiger partial charge in [-0.25, -0.2) is 0 Å². The molecule has 0 bridgehead atoms. The van der Waals surface area contributed by atoms with Crippen molar-refractivity contribution in [2.75, 3.05) is 12.4 Å². The summed E-state index contributed by atoms with van der Waals surface area (Å²) in [4.78, 5) is 12.7. The normalized spacial score (nSPS) is 10.9. The van der Waals surface area contributed by atoms with E-state index in [0.29, 0.717) is 27.0 Å². The van der Waals surface area contributed by atoms with Gasteiger partial charge in [-0.3, -0.25) is 4.79 Å². The molecule has 0 fully saturated rings. The van der Waals surface area contributed by atoms with Crippen molar-refractivity contribution in [1.82, 2.24) is 4.57 Å². The van der Waals surface area contributed by atoms with Gasteiger partial charge in [0.05, 0.1) is 23.4 Å². The highest BCUT2D eigenvalue weighted by Crippen LogP contribution is 2.30. The van der Waals surface area contributed by atoms with Crippen molar-refractivity contribution in [3.8, 4) is 5.75 Å². The number of hydrogen-bond acceptors (Lipinski definition) is 2. The number of hydrogen-bond donors (Lipinski definition) is 1. The maximum atomic E-state index is 12.7. The van der Waals surface area contributed by atoms with Crippen LogP contribution in [0.1, 0.15) is 15.9 Å². The first kappa shape index (κ1) is 16.7. The average Bonchev–Trinajstić information content (AvgIpc) is 2.89. The number of halogens is 2. The first-order chi connectivity index (χ1) is 11.4. The second-order valence-corrected chi connectivity index (χ2v) is 6.39. The number of fused-ring (bicyclic) bond motifs is 1. The van der Waals surface area contributed by atoms with Gasteiger partial charge in [0.25, 0.3) is 5.91 Å². The molecule has 0 aliphatic rings. The highest BCUT2D eigenvalue weighted by Gasteiger charge is 2.16. The number of aromatic nitrogens is 1. The fourth-order valence-corrected chi connectivity index (χ4v) is 3.04. The summed E-state index contributed by atoms with van der Waals surface area (Å²) in [5.74, 6) is 0.440. The van der Waals surface area contributed by atoms with Crippen LogP contribution >= 0.6 is 23.2 Å². The Hall–Kier alpha value is -2.17. The molecule has 0 aliphatic heterocycles. The molecule has 1 aromatic heterocycles. The SMILES string of the molecule is COc1ccc2c(c1)c(C(=O)Nc1cc(Cl)c(C)cc1Cl)cn2C. The second kappa shape index (κ2) is 6.38. The molecule has 0 saturated carbocycles. The molecule has 0 spiro atoms. The molecule has 0 unspecified atom stereocenters. The summed E-state index contributed by atoms with van der Waals surface area (Å²) in [5.41, 5.74) is 2.82. The molecule has 0 aliphatic carbocycles. The van der Waals surface area contributed by atoms with Crippen molar-refractivity contribution in [3.63, 3.8) is 0 Å². The van der Waals surface area contributed by atoms with E-state index in [1.807, 2.05) is 36.7 Å². The number of methoxy groups -OCH3 is 1. The van der Waals surface area contributed by atoms with Gasteiger partial charge in [-0.1, -0.05) is 23.2 Å². The standard InChI is InChI=1S/C18H16Cl2N2O2/c1-10-6-15(20)16(8-14(10)19)21-18(23)13-9-22(2)17-5-4-11(24-3)7-12(13)17/h4-9H,1-3H3,(H,21,23). The van der Waals surface area contributed by atoms with Crippen LogP contribution in [0.5, 0.6) is 5.75 Å². The van der Waals surface area contributed by atoms with Crippen LogP contribution in [0.4, 0.5) is 5.69 Å². The van der Waals surface area contributed by atoms with E-state index in [-0.39, 0.29) is 5.91 Å². The summed E-state index contributed by atoms with van der Waals surface area (Å²) >= 11 is 12.3. The molecule has 6 heteroatoms. The number of anilines is 1. The number of benzene rings is 2. The minimum atomic E-state index is -0.254. The maximum Gasteiger partial charge on any atom is 0.257 e. The van der Waals surface area contributed by atoms with Crippen LogP contribution in [0.2, 0.25) is 10.0 Å². The lowest BCUT2D eigenvalue weighted by Crippen LogP contribution is -2.12. The summed E-state index contributed by atoms with van der Waals surface area (Å²) in [6, 6.07) is 9.00. The minimum Gasteiger partial charge on any atom is -0.497 e. The minimum absolute atomic E-state index is 0.254. The van der Waals surface area contributed by atoms with Crippen LogP contribution in [0.25, 0.3) is 10.9 Å². The van der Waals surface area contributed by atoms with E-state index < -0.39 is 0 Å². The lowest BCUT2D eigenvalue weighted by Gasteiger charge is -2.09. The summed E-state index contributed by atoms with van der Waals surface area (Å²) in [5, 5.41) is 4.63. The molecular weight excluding hydrogens is 347 g/mol. The van der Waals surface area contributed by atoms with Gasteiger partial charge >= 0.3 is 0 Å². The van der Waals surface area contributed by atoms with Gasteiger partial charge in [0.2, 0.25) is 0 Å². The average molecular weight is 363 g/mol. The van der Waals surface area contributed by atoms with Crippen LogP contribution in [0.15, 0.2) is 36.5 Å². The topological polar surface area (TPSA) is 43.3 Å². The lowest BCUT2D eigenvalue weighted by molar-refractivity contribution is 0.102. The van der Waals surface area contributed by atoms with E-state index in [1.165, 1.54) is 0 Å². The van der Waals surface area contributed by atoms with E-state index in [2.05, 4.69) is 5.32 Å². The first-order valence-electron chi connectivity index (χ1n) is 7.30. The molecule has 2 aromatic carbocycles. The number of rotatable bonds is 3. The van der Waals surface area contributed by atoms with Gasteiger partial charge in [-0.05, 0) is 42.8 Å². The Bertz CT molecular complexity index is 948. The van der Waals surface area contributed by atoms with Gasteiger partial charge < -0.3 is 14.6 Å². The lowest BCUT2D eigenvalue weighted by atomic mass is 10.1. The summed E-state index contributed by atoms with van der Waals surface area (Å²) in [6.45, 7) is 1.86. The molecule has 24 heavy (non-hydrogen) atoms. The Morgan fingerprint density at radius 1 is 1.17 bits per heavy atom. The summed E-state index contributed by atoms with van der Waals surface area (Å²) < 4.78 is 7.15. The van der Waals surface area contributed by atoms with Crippen molar-refractivity contribution < 1.29 is 9.53 Å². The zero-order chi connectivity index (χ0) is 17.4. The largest absolute Gasteiger partial charge is 0.497 e. The van der Waals surface area contributed by atoms with E-state index >= 15 is 0 Å². The number of ether oxygens (including phenoxy) is 1. The van der Waals surface area contributed by atoms with E-state index in [1.54, 1.807) is 25.4 Å². The predicted octanol–water partition coefficient (Wildman–Crippen LogP) is 5.05. The van der Waals surface area contributed by atoms with E-state index in [4.69, 9.17) is 27.9 Å². The zero-order valence-corrected chi connectivity index (χ0v) is 15.0. The Morgan fingerprint density at radius 3 is 2.62 bits per heavy atom. The maximum absolute atomic E-state index is 12.7. The van der Waals surface area contributed by atoms with Crippen molar-refractivity contribution in [2.45, 2.75) is 6.92 Å². The molecule has 4 nitrogen and oxygen atoms in total. The third-order valence-corrected chi connectivity index (χ3v) is 4.66. The summed E-state index contributed by atoms with van der Waals surface area (Å²) in [7, 11) is 3.49. The van der Waals surface area contributed by atoms with E-state index in [0.717, 1.165) is 16.5 Å².